The quantitative estimate of drug-likeness (QED) is 0.801. The van der Waals surface area contributed by atoms with Crippen LogP contribution >= 0.6 is 0 Å². The molecule has 2 aromatic heterocycles. The zero-order valence-corrected chi connectivity index (χ0v) is 8.51. The van der Waals surface area contributed by atoms with Crippen molar-refractivity contribution < 1.29 is 0 Å². The molecule has 0 aliphatic carbocycles. The van der Waals surface area contributed by atoms with Gasteiger partial charge in [-0.1, -0.05) is 6.92 Å². The first-order valence-electron chi connectivity index (χ1n) is 4.82. The van der Waals surface area contributed by atoms with Crippen molar-refractivity contribution in [1.82, 2.24) is 15.0 Å². The lowest BCUT2D eigenvalue weighted by atomic mass is 10.1. The molecule has 15 heavy (non-hydrogen) atoms. The second kappa shape index (κ2) is 4.04. The van der Waals surface area contributed by atoms with Crippen LogP contribution in [0.15, 0.2) is 30.9 Å². The van der Waals surface area contributed by atoms with Gasteiger partial charge in [-0.15, -0.1) is 0 Å². The standard InChI is InChI=1S/C11H12N4/c1-2-9-10(14-7-15-11(9)12)8-4-3-5-13-6-8/h3-7H,2H2,1H3,(H2,12,14,15). The van der Waals surface area contributed by atoms with E-state index in [9.17, 15) is 0 Å². The summed E-state index contributed by atoms with van der Waals surface area (Å²) in [5.74, 6) is 0.548. The van der Waals surface area contributed by atoms with Gasteiger partial charge in [0.2, 0.25) is 0 Å². The van der Waals surface area contributed by atoms with Gasteiger partial charge in [-0.25, -0.2) is 9.97 Å². The fourth-order valence-corrected chi connectivity index (χ4v) is 1.53. The smallest absolute Gasteiger partial charge is 0.130 e. The molecular formula is C11H12N4. The topological polar surface area (TPSA) is 64.7 Å². The van der Waals surface area contributed by atoms with Crippen LogP contribution in [0.5, 0.6) is 0 Å². The lowest BCUT2D eigenvalue weighted by Gasteiger charge is -2.07. The molecule has 2 heterocycles. The van der Waals surface area contributed by atoms with Gasteiger partial charge in [0, 0.05) is 23.5 Å². The van der Waals surface area contributed by atoms with Crippen molar-refractivity contribution in [2.75, 3.05) is 5.73 Å². The van der Waals surface area contributed by atoms with Crippen molar-refractivity contribution in [1.29, 1.82) is 0 Å². The predicted molar refractivity (Wildman–Crippen MR) is 59.1 cm³/mol. The number of nitrogens with zero attached hydrogens (tertiary/aromatic N) is 3. The summed E-state index contributed by atoms with van der Waals surface area (Å²) in [6.45, 7) is 2.04. The first kappa shape index (κ1) is 9.58. The van der Waals surface area contributed by atoms with E-state index >= 15 is 0 Å². The third-order valence-electron chi connectivity index (χ3n) is 2.27. The van der Waals surface area contributed by atoms with Gasteiger partial charge in [0.1, 0.15) is 12.1 Å². The molecule has 0 unspecified atom stereocenters. The number of nitrogen functional groups attached to an aromatic ring is 1. The molecule has 2 N–H and O–H groups in total. The number of nitrogens with two attached hydrogens (primary N) is 1. The third kappa shape index (κ3) is 1.79. The summed E-state index contributed by atoms with van der Waals surface area (Å²) in [4.78, 5) is 12.3. The van der Waals surface area contributed by atoms with Gasteiger partial charge >= 0.3 is 0 Å². The summed E-state index contributed by atoms with van der Waals surface area (Å²) >= 11 is 0. The Hall–Kier alpha value is -1.97. The highest BCUT2D eigenvalue weighted by Crippen LogP contribution is 2.23. The van der Waals surface area contributed by atoms with E-state index in [-0.39, 0.29) is 0 Å². The lowest BCUT2D eigenvalue weighted by molar-refractivity contribution is 1.06. The van der Waals surface area contributed by atoms with Crippen LogP contribution in [0.1, 0.15) is 12.5 Å². The van der Waals surface area contributed by atoms with E-state index in [0.29, 0.717) is 5.82 Å². The maximum absolute atomic E-state index is 5.80. The molecule has 2 aromatic rings. The van der Waals surface area contributed by atoms with Crippen molar-refractivity contribution in [2.45, 2.75) is 13.3 Å². The second-order valence-electron chi connectivity index (χ2n) is 3.18. The Bertz CT molecular complexity index is 453. The summed E-state index contributed by atoms with van der Waals surface area (Å²) < 4.78 is 0. The molecule has 0 bridgehead atoms. The van der Waals surface area contributed by atoms with E-state index in [0.717, 1.165) is 23.2 Å². The molecule has 0 spiro atoms. The number of anilines is 1. The molecule has 0 aliphatic heterocycles. The van der Waals surface area contributed by atoms with Crippen molar-refractivity contribution >= 4 is 5.82 Å². The Morgan fingerprint density at radius 1 is 1.33 bits per heavy atom. The first-order valence-corrected chi connectivity index (χ1v) is 4.82. The molecule has 0 radical (unpaired) electrons. The summed E-state index contributed by atoms with van der Waals surface area (Å²) in [5, 5.41) is 0. The Morgan fingerprint density at radius 3 is 2.87 bits per heavy atom. The van der Waals surface area contributed by atoms with E-state index in [2.05, 4.69) is 15.0 Å². The molecular weight excluding hydrogens is 188 g/mol. The van der Waals surface area contributed by atoms with Gasteiger partial charge in [-0.2, -0.15) is 0 Å². The molecule has 0 saturated carbocycles. The van der Waals surface area contributed by atoms with Gasteiger partial charge in [-0.05, 0) is 18.6 Å². The monoisotopic (exact) mass is 200 g/mol. The van der Waals surface area contributed by atoms with Crippen molar-refractivity contribution in [3.05, 3.63) is 36.4 Å². The zero-order valence-electron chi connectivity index (χ0n) is 8.51. The minimum absolute atomic E-state index is 0.548. The maximum atomic E-state index is 5.80. The van der Waals surface area contributed by atoms with Crippen LogP contribution in [-0.4, -0.2) is 15.0 Å². The molecule has 2 rings (SSSR count). The SMILES string of the molecule is CCc1c(N)ncnc1-c1cccnc1. The van der Waals surface area contributed by atoms with Gasteiger partial charge < -0.3 is 5.73 Å². The van der Waals surface area contributed by atoms with E-state index in [1.807, 2.05) is 19.1 Å². The number of aromatic nitrogens is 3. The van der Waals surface area contributed by atoms with Gasteiger partial charge in [-0.3, -0.25) is 4.98 Å². The minimum atomic E-state index is 0.548. The molecule has 0 aromatic carbocycles. The van der Waals surface area contributed by atoms with E-state index in [1.165, 1.54) is 6.33 Å². The highest BCUT2D eigenvalue weighted by Gasteiger charge is 2.08. The highest BCUT2D eigenvalue weighted by atomic mass is 14.9. The fourth-order valence-electron chi connectivity index (χ4n) is 1.53. The zero-order chi connectivity index (χ0) is 10.7. The summed E-state index contributed by atoms with van der Waals surface area (Å²) in [6.07, 6.45) is 5.81. The molecule has 4 nitrogen and oxygen atoms in total. The van der Waals surface area contributed by atoms with Crippen LogP contribution in [0.3, 0.4) is 0 Å². The van der Waals surface area contributed by atoms with Crippen LogP contribution in [0.2, 0.25) is 0 Å². The number of hydrogen-bond acceptors (Lipinski definition) is 4. The van der Waals surface area contributed by atoms with Crippen molar-refractivity contribution in [3.8, 4) is 11.3 Å². The van der Waals surface area contributed by atoms with Crippen LogP contribution in [-0.2, 0) is 6.42 Å². The second-order valence-corrected chi connectivity index (χ2v) is 3.18. The third-order valence-corrected chi connectivity index (χ3v) is 2.27. The molecule has 0 saturated heterocycles. The molecule has 0 amide bonds. The number of hydrogen-bond donors (Lipinski definition) is 1. The Balaban J connectivity index is 2.58. The van der Waals surface area contributed by atoms with E-state index in [1.54, 1.807) is 12.4 Å². The Morgan fingerprint density at radius 2 is 2.20 bits per heavy atom. The van der Waals surface area contributed by atoms with E-state index < -0.39 is 0 Å². The number of pyridine rings is 1. The Labute approximate surface area is 88.2 Å². The highest BCUT2D eigenvalue weighted by molar-refractivity contribution is 5.66. The van der Waals surface area contributed by atoms with Crippen LogP contribution in [0.25, 0.3) is 11.3 Å². The van der Waals surface area contributed by atoms with Crippen molar-refractivity contribution in [2.24, 2.45) is 0 Å². The largest absolute Gasteiger partial charge is 0.383 e. The molecule has 0 atom stereocenters. The number of rotatable bonds is 2. The van der Waals surface area contributed by atoms with Crippen LogP contribution in [0.4, 0.5) is 5.82 Å². The van der Waals surface area contributed by atoms with Gasteiger partial charge in [0.15, 0.2) is 0 Å². The maximum Gasteiger partial charge on any atom is 0.130 e. The summed E-state index contributed by atoms with van der Waals surface area (Å²) in [7, 11) is 0. The van der Waals surface area contributed by atoms with Crippen LogP contribution in [0, 0.1) is 0 Å². The van der Waals surface area contributed by atoms with Gasteiger partial charge in [0.05, 0.1) is 5.69 Å². The molecule has 0 fully saturated rings. The molecule has 0 aliphatic rings. The average Bonchev–Trinajstić information content (AvgIpc) is 2.30. The predicted octanol–water partition coefficient (Wildman–Crippen LogP) is 1.68. The van der Waals surface area contributed by atoms with Crippen molar-refractivity contribution in [3.63, 3.8) is 0 Å². The Kier molecular flexibility index (Phi) is 2.58. The van der Waals surface area contributed by atoms with Crippen LogP contribution < -0.4 is 5.73 Å². The lowest BCUT2D eigenvalue weighted by Crippen LogP contribution is -2.01. The molecule has 76 valence electrons. The minimum Gasteiger partial charge on any atom is -0.383 e. The summed E-state index contributed by atoms with van der Waals surface area (Å²) in [5.41, 5.74) is 8.62. The first-order chi connectivity index (χ1) is 7.33. The molecule has 4 heteroatoms. The fraction of sp³-hybridized carbons (Fsp3) is 0.182. The van der Waals surface area contributed by atoms with Gasteiger partial charge in [0.25, 0.3) is 0 Å². The summed E-state index contributed by atoms with van der Waals surface area (Å²) in [6, 6.07) is 3.85. The average molecular weight is 200 g/mol. The van der Waals surface area contributed by atoms with E-state index in [4.69, 9.17) is 5.73 Å². The normalized spacial score (nSPS) is 10.2.